The number of methoxy groups -OCH3 is 2. The predicted octanol–water partition coefficient (Wildman–Crippen LogP) is 5.04. The molecule has 0 spiro atoms. The number of hydrogen-bond donors (Lipinski definition) is 1. The standard InChI is InChI=1S/C21H17F3N2O3/c1-28-17-11-15(21(22,23)24)10-16(12-17)26-20(27)14-7-5-13(6-8-14)19-18(29-2)4-3-9-25-19/h3-12H,1-2H3,(H,26,27). The van der Waals surface area contributed by atoms with Crippen LogP contribution in [0.4, 0.5) is 18.9 Å². The highest BCUT2D eigenvalue weighted by Crippen LogP contribution is 2.34. The van der Waals surface area contributed by atoms with Crippen molar-refractivity contribution in [1.29, 1.82) is 0 Å². The topological polar surface area (TPSA) is 60.5 Å². The molecule has 3 aromatic rings. The number of rotatable bonds is 5. The fourth-order valence-electron chi connectivity index (χ4n) is 2.71. The van der Waals surface area contributed by atoms with Crippen LogP contribution in [0.2, 0.25) is 0 Å². The summed E-state index contributed by atoms with van der Waals surface area (Å²) in [4.78, 5) is 16.7. The Morgan fingerprint density at radius 2 is 1.72 bits per heavy atom. The molecule has 0 saturated carbocycles. The van der Waals surface area contributed by atoms with E-state index in [2.05, 4.69) is 10.3 Å². The summed E-state index contributed by atoms with van der Waals surface area (Å²) in [7, 11) is 2.79. The van der Waals surface area contributed by atoms with E-state index in [1.807, 2.05) is 0 Å². The third kappa shape index (κ3) is 4.66. The maximum absolute atomic E-state index is 13.0. The van der Waals surface area contributed by atoms with Crippen LogP contribution in [-0.2, 0) is 6.18 Å². The number of nitrogens with one attached hydrogen (secondary N) is 1. The second-order valence-corrected chi connectivity index (χ2v) is 6.03. The van der Waals surface area contributed by atoms with Gasteiger partial charge in [-0.3, -0.25) is 9.78 Å². The fraction of sp³-hybridized carbons (Fsp3) is 0.143. The van der Waals surface area contributed by atoms with E-state index in [0.29, 0.717) is 11.4 Å². The van der Waals surface area contributed by atoms with E-state index < -0.39 is 17.6 Å². The second kappa shape index (κ2) is 8.22. The summed E-state index contributed by atoms with van der Waals surface area (Å²) in [6.45, 7) is 0. The summed E-state index contributed by atoms with van der Waals surface area (Å²) in [5.74, 6) is 0.0272. The zero-order valence-corrected chi connectivity index (χ0v) is 15.6. The number of aromatic nitrogens is 1. The quantitative estimate of drug-likeness (QED) is 0.650. The molecule has 2 aromatic carbocycles. The van der Waals surface area contributed by atoms with Gasteiger partial charge in [0.2, 0.25) is 0 Å². The number of amides is 1. The summed E-state index contributed by atoms with van der Waals surface area (Å²) in [5, 5.41) is 2.47. The lowest BCUT2D eigenvalue weighted by Gasteiger charge is -2.13. The number of carbonyl (C=O) groups excluding carboxylic acids is 1. The summed E-state index contributed by atoms with van der Waals surface area (Å²) >= 11 is 0. The van der Waals surface area contributed by atoms with Crippen LogP contribution in [0.3, 0.4) is 0 Å². The molecule has 3 rings (SSSR count). The van der Waals surface area contributed by atoms with E-state index in [-0.39, 0.29) is 17.0 Å². The van der Waals surface area contributed by atoms with Crippen LogP contribution in [0.1, 0.15) is 15.9 Å². The fourth-order valence-corrected chi connectivity index (χ4v) is 2.71. The first-order valence-electron chi connectivity index (χ1n) is 8.49. The molecule has 29 heavy (non-hydrogen) atoms. The lowest BCUT2D eigenvalue weighted by atomic mass is 10.1. The molecule has 0 radical (unpaired) electrons. The first-order chi connectivity index (χ1) is 13.8. The van der Waals surface area contributed by atoms with Gasteiger partial charge in [0, 0.05) is 29.1 Å². The number of benzene rings is 2. The van der Waals surface area contributed by atoms with Gasteiger partial charge in [-0.25, -0.2) is 0 Å². The van der Waals surface area contributed by atoms with E-state index in [0.717, 1.165) is 17.7 Å². The molecule has 5 nitrogen and oxygen atoms in total. The Morgan fingerprint density at radius 3 is 2.34 bits per heavy atom. The smallest absolute Gasteiger partial charge is 0.416 e. The molecule has 0 bridgehead atoms. The van der Waals surface area contributed by atoms with Crippen molar-refractivity contribution in [2.75, 3.05) is 19.5 Å². The van der Waals surface area contributed by atoms with Gasteiger partial charge >= 0.3 is 6.18 Å². The Bertz CT molecular complexity index is 1020. The predicted molar refractivity (Wildman–Crippen MR) is 102 cm³/mol. The highest BCUT2D eigenvalue weighted by molar-refractivity contribution is 6.04. The summed E-state index contributed by atoms with van der Waals surface area (Å²) < 4.78 is 49.2. The average molecular weight is 402 g/mol. The molecule has 1 aromatic heterocycles. The molecule has 0 fully saturated rings. The number of halogens is 3. The van der Waals surface area contributed by atoms with Gasteiger partial charge in [0.25, 0.3) is 5.91 Å². The van der Waals surface area contributed by atoms with Crippen LogP contribution in [0.5, 0.6) is 11.5 Å². The normalized spacial score (nSPS) is 11.1. The SMILES string of the molecule is COc1cc(NC(=O)c2ccc(-c3ncccc3OC)cc2)cc(C(F)(F)F)c1. The lowest BCUT2D eigenvalue weighted by molar-refractivity contribution is -0.137. The van der Waals surface area contributed by atoms with Gasteiger partial charge in [0.1, 0.15) is 17.2 Å². The van der Waals surface area contributed by atoms with Gasteiger partial charge in [-0.1, -0.05) is 12.1 Å². The number of carbonyl (C=O) groups is 1. The van der Waals surface area contributed by atoms with Gasteiger partial charge in [-0.05, 0) is 36.4 Å². The molecule has 1 N–H and O–H groups in total. The van der Waals surface area contributed by atoms with Crippen LogP contribution in [-0.4, -0.2) is 25.1 Å². The number of hydrogen-bond acceptors (Lipinski definition) is 4. The van der Waals surface area contributed by atoms with Gasteiger partial charge in [-0.2, -0.15) is 13.2 Å². The minimum absolute atomic E-state index is 0.00674. The van der Waals surface area contributed by atoms with E-state index in [9.17, 15) is 18.0 Å². The lowest BCUT2D eigenvalue weighted by Crippen LogP contribution is -2.13. The van der Waals surface area contributed by atoms with Gasteiger partial charge in [0.15, 0.2) is 0 Å². The Kier molecular flexibility index (Phi) is 5.72. The molecule has 150 valence electrons. The highest BCUT2D eigenvalue weighted by atomic mass is 19.4. The number of nitrogens with zero attached hydrogens (tertiary/aromatic N) is 1. The Morgan fingerprint density at radius 1 is 1.00 bits per heavy atom. The van der Waals surface area contributed by atoms with Crippen molar-refractivity contribution in [3.63, 3.8) is 0 Å². The maximum Gasteiger partial charge on any atom is 0.416 e. The van der Waals surface area contributed by atoms with E-state index in [1.54, 1.807) is 42.6 Å². The molecular weight excluding hydrogens is 385 g/mol. The number of anilines is 1. The molecule has 1 heterocycles. The van der Waals surface area contributed by atoms with Crippen LogP contribution in [0.15, 0.2) is 60.8 Å². The third-order valence-corrected chi connectivity index (χ3v) is 4.14. The van der Waals surface area contributed by atoms with Crippen molar-refractivity contribution in [3.05, 3.63) is 71.9 Å². The van der Waals surface area contributed by atoms with Crippen LogP contribution >= 0.6 is 0 Å². The number of pyridine rings is 1. The Hall–Kier alpha value is -3.55. The molecule has 0 aliphatic heterocycles. The molecular formula is C21H17F3N2O3. The molecule has 1 amide bonds. The molecule has 0 aliphatic carbocycles. The number of ether oxygens (including phenoxy) is 2. The van der Waals surface area contributed by atoms with E-state index in [1.165, 1.54) is 20.3 Å². The minimum atomic E-state index is -4.56. The molecule has 0 unspecified atom stereocenters. The van der Waals surface area contributed by atoms with Crippen molar-refractivity contribution >= 4 is 11.6 Å². The maximum atomic E-state index is 13.0. The van der Waals surface area contributed by atoms with Gasteiger partial charge in [-0.15, -0.1) is 0 Å². The average Bonchev–Trinajstić information content (AvgIpc) is 2.72. The largest absolute Gasteiger partial charge is 0.497 e. The van der Waals surface area contributed by atoms with Crippen molar-refractivity contribution in [3.8, 4) is 22.8 Å². The van der Waals surface area contributed by atoms with Crippen molar-refractivity contribution in [2.45, 2.75) is 6.18 Å². The van der Waals surface area contributed by atoms with Crippen molar-refractivity contribution in [2.24, 2.45) is 0 Å². The number of alkyl halides is 3. The second-order valence-electron chi connectivity index (χ2n) is 6.03. The molecule has 8 heteroatoms. The third-order valence-electron chi connectivity index (χ3n) is 4.14. The first kappa shape index (κ1) is 20.2. The molecule has 0 atom stereocenters. The van der Waals surface area contributed by atoms with Gasteiger partial charge in [0.05, 0.1) is 19.8 Å². The Labute approximate surface area is 165 Å². The van der Waals surface area contributed by atoms with Crippen LogP contribution < -0.4 is 14.8 Å². The minimum Gasteiger partial charge on any atom is -0.497 e. The zero-order chi connectivity index (χ0) is 21.0. The monoisotopic (exact) mass is 402 g/mol. The van der Waals surface area contributed by atoms with Gasteiger partial charge < -0.3 is 14.8 Å². The zero-order valence-electron chi connectivity index (χ0n) is 15.6. The first-order valence-corrected chi connectivity index (χ1v) is 8.49. The van der Waals surface area contributed by atoms with Crippen LogP contribution in [0.25, 0.3) is 11.3 Å². The summed E-state index contributed by atoms with van der Waals surface area (Å²) in [6.07, 6.45) is -2.93. The van der Waals surface area contributed by atoms with Crippen molar-refractivity contribution < 1.29 is 27.4 Å². The summed E-state index contributed by atoms with van der Waals surface area (Å²) in [5.41, 5.74) is 0.700. The van der Waals surface area contributed by atoms with Crippen LogP contribution in [0, 0.1) is 0 Å². The molecule has 0 aliphatic rings. The Balaban J connectivity index is 1.83. The highest BCUT2D eigenvalue weighted by Gasteiger charge is 2.31. The van der Waals surface area contributed by atoms with E-state index in [4.69, 9.17) is 9.47 Å². The van der Waals surface area contributed by atoms with Crippen molar-refractivity contribution in [1.82, 2.24) is 4.98 Å². The van der Waals surface area contributed by atoms with E-state index >= 15 is 0 Å². The summed E-state index contributed by atoms with van der Waals surface area (Å²) in [6, 6.07) is 13.0. The molecule has 0 saturated heterocycles.